The number of nitrogens with one attached hydrogen (secondary N) is 4. The molecule has 5 heterocycles. The van der Waals surface area contributed by atoms with Crippen molar-refractivity contribution in [2.45, 2.75) is 83.0 Å². The van der Waals surface area contributed by atoms with Gasteiger partial charge in [0.1, 0.15) is 11.9 Å². The topological polar surface area (TPSA) is 222 Å². The average molecular weight is 915 g/mol. The Morgan fingerprint density at radius 3 is 2.15 bits per heavy atom. The van der Waals surface area contributed by atoms with Crippen molar-refractivity contribution >= 4 is 41.1 Å². The number of amides is 4. The predicted molar refractivity (Wildman–Crippen MR) is 247 cm³/mol. The SMILES string of the molecule is CCCCNc1ncc(-c2ccc(CN3CCN(CCOCCOCCOCCOCCNc4cccc5c4C(=O)N(C4CCC(=O)NC4=O)C5=O)CC3)cn2)c(NC2CCC(O)CC2)n1. The summed E-state index contributed by atoms with van der Waals surface area (Å²) in [7, 11) is 0. The molecule has 19 heteroatoms. The van der Waals surface area contributed by atoms with Crippen LogP contribution in [0.4, 0.5) is 17.5 Å². The lowest BCUT2D eigenvalue weighted by Gasteiger charge is -2.34. The Bertz CT molecular complexity index is 2060. The number of hydrogen-bond acceptors (Lipinski definition) is 17. The van der Waals surface area contributed by atoms with Crippen LogP contribution in [-0.4, -0.2) is 175 Å². The summed E-state index contributed by atoms with van der Waals surface area (Å²) in [4.78, 5) is 70.3. The van der Waals surface area contributed by atoms with Gasteiger partial charge in [0.15, 0.2) is 0 Å². The number of aromatic nitrogens is 3. The van der Waals surface area contributed by atoms with Crippen molar-refractivity contribution in [3.8, 4) is 11.3 Å². The van der Waals surface area contributed by atoms with Crippen molar-refractivity contribution < 1.29 is 43.2 Å². The van der Waals surface area contributed by atoms with Crippen LogP contribution < -0.4 is 21.3 Å². The van der Waals surface area contributed by atoms with Gasteiger partial charge in [0.2, 0.25) is 17.8 Å². The van der Waals surface area contributed by atoms with Crippen LogP contribution in [0, 0.1) is 0 Å². The molecule has 1 atom stereocenters. The molecule has 5 N–H and O–H groups in total. The number of piperidine rings is 1. The number of ether oxygens (including phenoxy) is 4. The highest BCUT2D eigenvalue weighted by molar-refractivity contribution is 6.25. The third kappa shape index (κ3) is 13.7. The van der Waals surface area contributed by atoms with Gasteiger partial charge in [0, 0.05) is 82.9 Å². The van der Waals surface area contributed by atoms with Crippen molar-refractivity contribution in [1.82, 2.24) is 35.0 Å². The van der Waals surface area contributed by atoms with Gasteiger partial charge in [-0.3, -0.25) is 44.2 Å². The van der Waals surface area contributed by atoms with E-state index < -0.39 is 29.7 Å². The van der Waals surface area contributed by atoms with E-state index in [0.717, 1.165) is 106 Å². The number of benzene rings is 1. The van der Waals surface area contributed by atoms with Gasteiger partial charge in [-0.2, -0.15) is 4.98 Å². The standard InChI is InChI=1S/C47H66N10O9/c1-2-3-15-49-47-51-31-37(43(54-47)52-34-8-10-35(58)11-9-34)38-12-7-33(30-50-38)32-56-19-17-55(18-20-56)21-23-64-25-27-66-29-28-65-26-24-63-22-16-48-39-6-4-5-36-42(39)46(62)57(45(36)61)40-13-14-41(59)53-44(40)60/h4-7,12,30-31,34-35,40,48,58H,2-3,8-11,13-29,32H2,1H3,(H,53,59,60)(H2,49,51,52,54). The van der Waals surface area contributed by atoms with E-state index in [4.69, 9.17) is 28.9 Å². The highest BCUT2D eigenvalue weighted by Gasteiger charge is 2.45. The fraction of sp³-hybridized carbons (Fsp3) is 0.596. The monoisotopic (exact) mass is 915 g/mol. The molecule has 1 aliphatic carbocycles. The van der Waals surface area contributed by atoms with E-state index in [9.17, 15) is 24.3 Å². The van der Waals surface area contributed by atoms with E-state index in [-0.39, 0.29) is 36.1 Å². The summed E-state index contributed by atoms with van der Waals surface area (Å²) < 4.78 is 22.8. The molecule has 3 aromatic rings. The Balaban J connectivity index is 0.697. The number of rotatable bonds is 26. The highest BCUT2D eigenvalue weighted by Crippen LogP contribution is 2.33. The number of unbranched alkanes of at least 4 members (excludes halogenated alkanes) is 1. The molecule has 0 spiro atoms. The van der Waals surface area contributed by atoms with Gasteiger partial charge in [-0.05, 0) is 62.3 Å². The van der Waals surface area contributed by atoms with E-state index in [1.54, 1.807) is 18.2 Å². The minimum Gasteiger partial charge on any atom is -0.393 e. The molecule has 0 bridgehead atoms. The lowest BCUT2D eigenvalue weighted by molar-refractivity contribution is -0.136. The summed E-state index contributed by atoms with van der Waals surface area (Å²) >= 11 is 0. The molecule has 0 radical (unpaired) electrons. The van der Waals surface area contributed by atoms with E-state index in [1.807, 2.05) is 12.4 Å². The molecule has 1 saturated carbocycles. The fourth-order valence-corrected chi connectivity index (χ4v) is 8.54. The minimum atomic E-state index is -1.01. The molecular formula is C47H66N10O9. The van der Waals surface area contributed by atoms with Gasteiger partial charge in [-0.1, -0.05) is 25.5 Å². The Kier molecular flexibility index (Phi) is 18.6. The number of nitrogens with zero attached hydrogens (tertiary/aromatic N) is 6. The molecule has 2 aromatic heterocycles. The quantitative estimate of drug-likeness (QED) is 0.0577. The van der Waals surface area contributed by atoms with E-state index in [0.29, 0.717) is 71.0 Å². The molecule has 4 aliphatic rings. The maximum atomic E-state index is 13.2. The van der Waals surface area contributed by atoms with Crippen LogP contribution in [0.1, 0.15) is 84.6 Å². The Hall–Kier alpha value is -5.15. The summed E-state index contributed by atoms with van der Waals surface area (Å²) in [5.74, 6) is -0.748. The molecule has 19 nitrogen and oxygen atoms in total. The van der Waals surface area contributed by atoms with Gasteiger partial charge >= 0.3 is 0 Å². The maximum Gasteiger partial charge on any atom is 0.264 e. The summed E-state index contributed by atoms with van der Waals surface area (Å²) in [6.07, 6.45) is 9.34. The normalized spacial score (nSPS) is 20.4. The number of carbonyl (C=O) groups is 4. The van der Waals surface area contributed by atoms with Gasteiger partial charge in [-0.25, -0.2) is 4.98 Å². The molecule has 66 heavy (non-hydrogen) atoms. The first-order valence-corrected chi connectivity index (χ1v) is 23.6. The Morgan fingerprint density at radius 1 is 0.742 bits per heavy atom. The van der Waals surface area contributed by atoms with Crippen molar-refractivity contribution in [2.24, 2.45) is 0 Å². The zero-order chi connectivity index (χ0) is 46.1. The van der Waals surface area contributed by atoms with Crippen LogP contribution in [0.2, 0.25) is 0 Å². The second kappa shape index (κ2) is 25.1. The van der Waals surface area contributed by atoms with Gasteiger partial charge in [0.05, 0.1) is 81.3 Å². The lowest BCUT2D eigenvalue weighted by Crippen LogP contribution is -2.54. The summed E-state index contributed by atoms with van der Waals surface area (Å²) in [5.41, 5.74) is 3.82. The zero-order valence-electron chi connectivity index (χ0n) is 38.1. The van der Waals surface area contributed by atoms with E-state index in [1.165, 1.54) is 5.56 Å². The van der Waals surface area contributed by atoms with Gasteiger partial charge in [-0.15, -0.1) is 0 Å². The first-order valence-electron chi connectivity index (χ1n) is 23.6. The molecule has 2 saturated heterocycles. The van der Waals surface area contributed by atoms with Crippen LogP contribution in [-0.2, 0) is 35.1 Å². The number of pyridine rings is 1. The number of imide groups is 2. The fourth-order valence-electron chi connectivity index (χ4n) is 8.54. The molecule has 358 valence electrons. The van der Waals surface area contributed by atoms with Gasteiger partial charge in [0.25, 0.3) is 11.8 Å². The Labute approximate surface area is 386 Å². The third-order valence-corrected chi connectivity index (χ3v) is 12.3. The lowest BCUT2D eigenvalue weighted by atomic mass is 9.93. The summed E-state index contributed by atoms with van der Waals surface area (Å²) in [5, 5.41) is 22.4. The average Bonchev–Trinajstić information content (AvgIpc) is 3.58. The van der Waals surface area contributed by atoms with E-state index in [2.05, 4.69) is 55.1 Å². The number of fused-ring (bicyclic) bond motifs is 1. The molecule has 4 amide bonds. The van der Waals surface area contributed by atoms with Crippen molar-refractivity contribution in [3.63, 3.8) is 0 Å². The summed E-state index contributed by atoms with van der Waals surface area (Å²) in [6.45, 7) is 12.7. The molecule has 3 aliphatic heterocycles. The maximum absolute atomic E-state index is 13.2. The third-order valence-electron chi connectivity index (χ3n) is 12.3. The van der Waals surface area contributed by atoms with Crippen LogP contribution in [0.5, 0.6) is 0 Å². The minimum absolute atomic E-state index is 0.0677. The number of aliphatic hydroxyl groups is 1. The molecule has 1 unspecified atom stereocenters. The molecular weight excluding hydrogens is 849 g/mol. The van der Waals surface area contributed by atoms with Crippen LogP contribution in [0.15, 0.2) is 42.7 Å². The largest absolute Gasteiger partial charge is 0.393 e. The first-order chi connectivity index (χ1) is 32.3. The second-order valence-corrected chi connectivity index (χ2v) is 17.1. The van der Waals surface area contributed by atoms with Crippen LogP contribution in [0.25, 0.3) is 11.3 Å². The molecule has 7 rings (SSSR count). The van der Waals surface area contributed by atoms with Crippen molar-refractivity contribution in [1.29, 1.82) is 0 Å². The number of anilines is 3. The van der Waals surface area contributed by atoms with Crippen LogP contribution >= 0.6 is 0 Å². The second-order valence-electron chi connectivity index (χ2n) is 17.1. The molecule has 1 aromatic carbocycles. The predicted octanol–water partition coefficient (Wildman–Crippen LogP) is 3.16. The van der Waals surface area contributed by atoms with Gasteiger partial charge < -0.3 is 40.0 Å². The number of hydrogen-bond donors (Lipinski definition) is 5. The number of carbonyl (C=O) groups excluding carboxylic acids is 4. The van der Waals surface area contributed by atoms with Crippen molar-refractivity contribution in [3.05, 3.63) is 59.4 Å². The van der Waals surface area contributed by atoms with Crippen molar-refractivity contribution in [2.75, 3.05) is 115 Å². The number of piperazine rings is 1. The smallest absolute Gasteiger partial charge is 0.264 e. The van der Waals surface area contributed by atoms with E-state index >= 15 is 0 Å². The van der Waals surface area contributed by atoms with Crippen LogP contribution in [0.3, 0.4) is 0 Å². The first kappa shape index (κ1) is 48.8. The zero-order valence-corrected chi connectivity index (χ0v) is 38.1. The number of aliphatic hydroxyl groups excluding tert-OH is 1. The summed E-state index contributed by atoms with van der Waals surface area (Å²) in [6, 6.07) is 8.41. The Morgan fingerprint density at radius 2 is 1.45 bits per heavy atom. The highest BCUT2D eigenvalue weighted by atomic mass is 16.6. The molecule has 3 fully saturated rings.